The van der Waals surface area contributed by atoms with Crippen molar-refractivity contribution in [3.05, 3.63) is 78.0 Å². The number of carbonyl (C=O) groups excluding carboxylic acids is 1. The number of hydrogen-bond donors (Lipinski definition) is 1. The van der Waals surface area contributed by atoms with Crippen LogP contribution in [0.5, 0.6) is 11.6 Å². The number of hydrogen-bond acceptors (Lipinski definition) is 6. The minimum atomic E-state index is -0.463. The van der Waals surface area contributed by atoms with Crippen molar-refractivity contribution in [2.24, 2.45) is 5.73 Å². The maximum absolute atomic E-state index is 11.2. The van der Waals surface area contributed by atoms with Gasteiger partial charge in [0, 0.05) is 42.8 Å². The van der Waals surface area contributed by atoms with Gasteiger partial charge in [-0.25, -0.2) is 4.98 Å². The van der Waals surface area contributed by atoms with Crippen molar-refractivity contribution in [1.82, 2.24) is 19.9 Å². The van der Waals surface area contributed by atoms with E-state index >= 15 is 0 Å². The Kier molecular flexibility index (Phi) is 5.76. The predicted octanol–water partition coefficient (Wildman–Crippen LogP) is 3.14. The first kappa shape index (κ1) is 19.0. The third-order valence-corrected chi connectivity index (χ3v) is 5.15. The van der Waals surface area contributed by atoms with E-state index in [0.717, 1.165) is 38.2 Å². The summed E-state index contributed by atoms with van der Waals surface area (Å²) in [6.45, 7) is 2.89. The predicted molar refractivity (Wildman–Crippen MR) is 109 cm³/mol. The Balaban J connectivity index is 1.41. The van der Waals surface area contributed by atoms with Crippen molar-refractivity contribution in [2.45, 2.75) is 25.3 Å². The summed E-state index contributed by atoms with van der Waals surface area (Å²) in [5.74, 6) is 0.958. The van der Waals surface area contributed by atoms with E-state index in [1.165, 1.54) is 5.56 Å². The molecule has 4 rings (SSSR count). The quantitative estimate of drug-likeness (QED) is 0.696. The monoisotopic (exact) mass is 389 g/mol. The summed E-state index contributed by atoms with van der Waals surface area (Å²) in [6.07, 6.45) is 9.05. The molecule has 0 bridgehead atoms. The Morgan fingerprint density at radius 1 is 1.07 bits per heavy atom. The smallest absolute Gasteiger partial charge is 0.248 e. The van der Waals surface area contributed by atoms with E-state index in [9.17, 15) is 4.79 Å². The zero-order valence-electron chi connectivity index (χ0n) is 16.1. The molecule has 1 fully saturated rings. The first-order valence-electron chi connectivity index (χ1n) is 9.69. The van der Waals surface area contributed by atoms with Crippen molar-refractivity contribution in [3.63, 3.8) is 0 Å². The lowest BCUT2D eigenvalue weighted by molar-refractivity contribution is 0.100. The number of rotatable bonds is 6. The highest BCUT2D eigenvalue weighted by Crippen LogP contribution is 2.33. The molecule has 0 spiro atoms. The topological polar surface area (TPSA) is 94.2 Å². The molecule has 0 radical (unpaired) electrons. The first-order valence-corrected chi connectivity index (χ1v) is 9.69. The molecule has 1 aliphatic heterocycles. The molecule has 29 heavy (non-hydrogen) atoms. The Morgan fingerprint density at radius 2 is 1.83 bits per heavy atom. The molecule has 7 heteroatoms. The van der Waals surface area contributed by atoms with E-state index in [2.05, 4.69) is 25.9 Å². The molecule has 3 heterocycles. The highest BCUT2D eigenvalue weighted by molar-refractivity contribution is 5.92. The maximum Gasteiger partial charge on any atom is 0.248 e. The standard InChI is InChI=1S/C22H23N5O2/c23-21(28)18-3-5-19(6-4-18)29-22-20(25-10-11-26-22)17-7-12-27(13-8-17)15-16-2-1-9-24-14-16/h1-6,9-11,14,17H,7-8,12-13,15H2,(H2,23,28). The van der Waals surface area contributed by atoms with Crippen LogP contribution in [-0.4, -0.2) is 38.8 Å². The van der Waals surface area contributed by atoms with Gasteiger partial charge in [-0.2, -0.15) is 0 Å². The highest BCUT2D eigenvalue weighted by atomic mass is 16.5. The number of aromatic nitrogens is 3. The summed E-state index contributed by atoms with van der Waals surface area (Å²) in [7, 11) is 0. The number of ether oxygens (including phenoxy) is 1. The van der Waals surface area contributed by atoms with Crippen LogP contribution in [0.15, 0.2) is 61.2 Å². The molecule has 3 aromatic rings. The maximum atomic E-state index is 11.2. The Labute approximate surface area is 169 Å². The molecule has 1 saturated heterocycles. The van der Waals surface area contributed by atoms with Crippen LogP contribution in [0.1, 0.15) is 40.4 Å². The lowest BCUT2D eigenvalue weighted by Gasteiger charge is -2.31. The highest BCUT2D eigenvalue weighted by Gasteiger charge is 2.25. The van der Waals surface area contributed by atoms with E-state index < -0.39 is 5.91 Å². The summed E-state index contributed by atoms with van der Waals surface area (Å²) < 4.78 is 5.97. The van der Waals surface area contributed by atoms with E-state index in [-0.39, 0.29) is 0 Å². The zero-order valence-corrected chi connectivity index (χ0v) is 16.1. The minimum Gasteiger partial charge on any atom is -0.437 e. The molecule has 1 aromatic carbocycles. The number of carbonyl (C=O) groups is 1. The molecule has 0 saturated carbocycles. The van der Waals surface area contributed by atoms with Crippen molar-refractivity contribution < 1.29 is 9.53 Å². The number of benzene rings is 1. The molecule has 1 amide bonds. The average Bonchev–Trinajstić information content (AvgIpc) is 2.76. The molecular formula is C22H23N5O2. The van der Waals surface area contributed by atoms with Gasteiger partial charge >= 0.3 is 0 Å². The molecule has 0 aliphatic carbocycles. The van der Waals surface area contributed by atoms with Gasteiger partial charge in [0.1, 0.15) is 11.4 Å². The van der Waals surface area contributed by atoms with Gasteiger partial charge in [-0.1, -0.05) is 6.07 Å². The Hall–Kier alpha value is -3.32. The van der Waals surface area contributed by atoms with Gasteiger partial charge in [0.05, 0.1) is 0 Å². The summed E-state index contributed by atoms with van der Waals surface area (Å²) in [5, 5.41) is 0. The summed E-state index contributed by atoms with van der Waals surface area (Å²) >= 11 is 0. The van der Waals surface area contributed by atoms with Crippen LogP contribution >= 0.6 is 0 Å². The Bertz CT molecular complexity index is 954. The second-order valence-corrected chi connectivity index (χ2v) is 7.15. The van der Waals surface area contributed by atoms with Crippen molar-refractivity contribution >= 4 is 5.91 Å². The third-order valence-electron chi connectivity index (χ3n) is 5.15. The van der Waals surface area contributed by atoms with Gasteiger partial charge in [0.15, 0.2) is 0 Å². The average molecular weight is 389 g/mol. The molecule has 2 aromatic heterocycles. The van der Waals surface area contributed by atoms with Crippen molar-refractivity contribution in [2.75, 3.05) is 13.1 Å². The second-order valence-electron chi connectivity index (χ2n) is 7.15. The van der Waals surface area contributed by atoms with E-state index in [1.807, 2.05) is 12.3 Å². The van der Waals surface area contributed by atoms with Crippen LogP contribution in [-0.2, 0) is 6.54 Å². The molecule has 2 N–H and O–H groups in total. The van der Waals surface area contributed by atoms with E-state index in [4.69, 9.17) is 10.5 Å². The number of piperidine rings is 1. The number of primary amides is 1. The molecule has 7 nitrogen and oxygen atoms in total. The van der Waals surface area contributed by atoms with Gasteiger partial charge in [-0.15, -0.1) is 0 Å². The molecule has 148 valence electrons. The van der Waals surface area contributed by atoms with Crippen LogP contribution in [0.4, 0.5) is 0 Å². The number of likely N-dealkylation sites (tertiary alicyclic amines) is 1. The lowest BCUT2D eigenvalue weighted by atomic mass is 9.93. The van der Waals surface area contributed by atoms with E-state index in [0.29, 0.717) is 23.1 Å². The Morgan fingerprint density at radius 3 is 2.52 bits per heavy atom. The normalized spacial score (nSPS) is 15.2. The molecule has 1 aliphatic rings. The fourth-order valence-corrected chi connectivity index (χ4v) is 3.61. The van der Waals surface area contributed by atoms with Crippen LogP contribution in [0.25, 0.3) is 0 Å². The summed E-state index contributed by atoms with van der Waals surface area (Å²) in [6, 6.07) is 10.8. The van der Waals surface area contributed by atoms with Gasteiger partial charge in [-0.3, -0.25) is 19.7 Å². The van der Waals surface area contributed by atoms with Gasteiger partial charge in [0.2, 0.25) is 11.8 Å². The second kappa shape index (κ2) is 8.79. The van der Waals surface area contributed by atoms with Crippen LogP contribution in [0, 0.1) is 0 Å². The van der Waals surface area contributed by atoms with Gasteiger partial charge in [-0.05, 0) is 61.8 Å². The SMILES string of the molecule is NC(=O)c1ccc(Oc2nccnc2C2CCN(Cc3cccnc3)CC2)cc1. The number of amides is 1. The first-order chi connectivity index (χ1) is 14.2. The van der Waals surface area contributed by atoms with Crippen molar-refractivity contribution in [1.29, 1.82) is 0 Å². The minimum absolute atomic E-state index is 0.300. The van der Waals surface area contributed by atoms with Crippen molar-refractivity contribution in [3.8, 4) is 11.6 Å². The molecule has 0 atom stereocenters. The van der Waals surface area contributed by atoms with Gasteiger partial charge < -0.3 is 10.5 Å². The van der Waals surface area contributed by atoms with Gasteiger partial charge in [0.25, 0.3) is 0 Å². The largest absolute Gasteiger partial charge is 0.437 e. The summed E-state index contributed by atoms with van der Waals surface area (Å²) in [5.41, 5.74) is 7.84. The zero-order chi connectivity index (χ0) is 20.1. The van der Waals surface area contributed by atoms with Crippen LogP contribution in [0.3, 0.4) is 0 Å². The summed E-state index contributed by atoms with van der Waals surface area (Å²) in [4.78, 5) is 26.8. The third kappa shape index (κ3) is 4.75. The number of nitrogens with zero attached hydrogens (tertiary/aromatic N) is 4. The van der Waals surface area contributed by atoms with E-state index in [1.54, 1.807) is 42.9 Å². The van der Waals surface area contributed by atoms with Crippen LogP contribution in [0.2, 0.25) is 0 Å². The van der Waals surface area contributed by atoms with Crippen LogP contribution < -0.4 is 10.5 Å². The number of nitrogens with two attached hydrogens (primary N) is 1. The fraction of sp³-hybridized carbons (Fsp3) is 0.273. The fourth-order valence-electron chi connectivity index (χ4n) is 3.61. The number of pyridine rings is 1. The molecular weight excluding hydrogens is 366 g/mol. The molecule has 0 unspecified atom stereocenters. The lowest BCUT2D eigenvalue weighted by Crippen LogP contribution is -2.32.